The average molecular weight is 334 g/mol. The van der Waals surface area contributed by atoms with Gasteiger partial charge in [-0.2, -0.15) is 0 Å². The van der Waals surface area contributed by atoms with Crippen molar-refractivity contribution in [2.45, 2.75) is 26.4 Å². The lowest BCUT2D eigenvalue weighted by atomic mass is 10.1. The Kier molecular flexibility index (Phi) is 3.38. The summed E-state index contributed by atoms with van der Waals surface area (Å²) in [6, 6.07) is 7.90. The maximum absolute atomic E-state index is 12.6. The summed E-state index contributed by atoms with van der Waals surface area (Å²) in [5, 5.41) is 0. The number of carbonyl (C=O) groups is 1. The van der Waals surface area contributed by atoms with Crippen LogP contribution in [0.4, 0.5) is 0 Å². The Hall–Kier alpha value is -1.62. The number of aromatic nitrogens is 2. The van der Waals surface area contributed by atoms with E-state index in [-0.39, 0.29) is 11.9 Å². The number of amides is 1. The summed E-state index contributed by atoms with van der Waals surface area (Å²) in [5.41, 5.74) is 2.94. The van der Waals surface area contributed by atoms with Gasteiger partial charge in [-0.3, -0.25) is 4.79 Å². The summed E-state index contributed by atoms with van der Waals surface area (Å²) in [5.74, 6) is -0.00453. The number of pyridine rings is 1. The molecule has 1 aliphatic rings. The molecule has 0 N–H and O–H groups in total. The third-order valence-electron chi connectivity index (χ3n) is 3.90. The molecule has 0 aliphatic carbocycles. The normalized spacial score (nSPS) is 17.9. The number of hydrogen-bond acceptors (Lipinski definition) is 2. The molecule has 1 amide bonds. The second-order valence-electron chi connectivity index (χ2n) is 5.09. The van der Waals surface area contributed by atoms with Gasteiger partial charge in [0.05, 0.1) is 6.04 Å². The first-order chi connectivity index (χ1) is 9.58. The predicted molar refractivity (Wildman–Crippen MR) is 80.6 cm³/mol. The van der Waals surface area contributed by atoms with Crippen molar-refractivity contribution in [3.05, 3.63) is 52.0 Å². The highest BCUT2D eigenvalue weighted by molar-refractivity contribution is 9.10. The third-order valence-corrected chi connectivity index (χ3v) is 4.37. The summed E-state index contributed by atoms with van der Waals surface area (Å²) < 4.78 is 3.16. The van der Waals surface area contributed by atoms with Crippen LogP contribution in [0, 0.1) is 6.92 Å². The molecule has 104 valence electrons. The van der Waals surface area contributed by atoms with Crippen molar-refractivity contribution in [1.82, 2.24) is 14.5 Å². The summed E-state index contributed by atoms with van der Waals surface area (Å²) in [6.07, 6.45) is 1.66. The van der Waals surface area contributed by atoms with Crippen molar-refractivity contribution in [3.63, 3.8) is 0 Å². The average Bonchev–Trinajstić information content (AvgIpc) is 2.82. The second-order valence-corrected chi connectivity index (χ2v) is 6.00. The number of carbonyl (C=O) groups excluding carboxylic acids is 1. The first-order valence-electron chi connectivity index (χ1n) is 6.66. The van der Waals surface area contributed by atoms with Crippen molar-refractivity contribution in [2.75, 3.05) is 6.54 Å². The molecule has 0 saturated heterocycles. The molecule has 2 aromatic heterocycles. The predicted octanol–water partition coefficient (Wildman–Crippen LogP) is 3.17. The monoisotopic (exact) mass is 333 g/mol. The van der Waals surface area contributed by atoms with Gasteiger partial charge in [0.1, 0.15) is 5.69 Å². The Balaban J connectivity index is 1.88. The van der Waals surface area contributed by atoms with Crippen LogP contribution >= 0.6 is 15.9 Å². The van der Waals surface area contributed by atoms with Crippen LogP contribution in [0.2, 0.25) is 0 Å². The molecule has 0 spiro atoms. The van der Waals surface area contributed by atoms with Gasteiger partial charge in [-0.25, -0.2) is 4.98 Å². The van der Waals surface area contributed by atoms with Crippen molar-refractivity contribution in [2.24, 2.45) is 0 Å². The second kappa shape index (κ2) is 5.05. The van der Waals surface area contributed by atoms with Crippen LogP contribution in [-0.2, 0) is 6.54 Å². The fourth-order valence-corrected chi connectivity index (χ4v) is 2.98. The Morgan fingerprint density at radius 1 is 1.30 bits per heavy atom. The molecular weight excluding hydrogens is 318 g/mol. The van der Waals surface area contributed by atoms with Gasteiger partial charge >= 0.3 is 0 Å². The molecule has 0 fully saturated rings. The lowest BCUT2D eigenvalue weighted by Gasteiger charge is -2.35. The van der Waals surface area contributed by atoms with Gasteiger partial charge in [-0.1, -0.05) is 0 Å². The quantitative estimate of drug-likeness (QED) is 0.803. The third kappa shape index (κ3) is 2.16. The van der Waals surface area contributed by atoms with E-state index < -0.39 is 0 Å². The Morgan fingerprint density at radius 2 is 2.10 bits per heavy atom. The van der Waals surface area contributed by atoms with Crippen LogP contribution in [0.3, 0.4) is 0 Å². The number of halogens is 1. The molecule has 4 nitrogen and oxygen atoms in total. The molecule has 0 aromatic carbocycles. The van der Waals surface area contributed by atoms with Gasteiger partial charge in [0.25, 0.3) is 5.91 Å². The van der Waals surface area contributed by atoms with E-state index in [1.54, 1.807) is 12.3 Å². The molecule has 2 aromatic rings. The van der Waals surface area contributed by atoms with Gasteiger partial charge < -0.3 is 9.47 Å². The SMILES string of the molecule is Cc1ccc2n1CCN(C(=O)c1ccc(Br)cn1)C2C. The van der Waals surface area contributed by atoms with Crippen molar-refractivity contribution >= 4 is 21.8 Å². The number of nitrogens with zero attached hydrogens (tertiary/aromatic N) is 3. The zero-order valence-corrected chi connectivity index (χ0v) is 13.1. The van der Waals surface area contributed by atoms with Gasteiger partial charge in [-0.05, 0) is 54.0 Å². The molecule has 1 aliphatic heterocycles. The number of fused-ring (bicyclic) bond motifs is 1. The Labute approximate surface area is 126 Å². The van der Waals surface area contributed by atoms with E-state index in [0.717, 1.165) is 17.6 Å². The molecule has 1 unspecified atom stereocenters. The van der Waals surface area contributed by atoms with E-state index in [2.05, 4.69) is 51.5 Å². The fraction of sp³-hybridized carbons (Fsp3) is 0.333. The van der Waals surface area contributed by atoms with Crippen LogP contribution in [-0.4, -0.2) is 26.9 Å². The van der Waals surface area contributed by atoms with Crippen molar-refractivity contribution in [1.29, 1.82) is 0 Å². The molecule has 1 atom stereocenters. The molecule has 3 rings (SSSR count). The van der Waals surface area contributed by atoms with E-state index in [9.17, 15) is 4.79 Å². The summed E-state index contributed by atoms with van der Waals surface area (Å²) in [4.78, 5) is 18.7. The van der Waals surface area contributed by atoms with Crippen LogP contribution in [0.25, 0.3) is 0 Å². The van der Waals surface area contributed by atoms with Gasteiger partial charge in [0.2, 0.25) is 0 Å². The smallest absolute Gasteiger partial charge is 0.273 e. The highest BCUT2D eigenvalue weighted by atomic mass is 79.9. The summed E-state index contributed by atoms with van der Waals surface area (Å²) in [6.45, 7) is 5.74. The lowest BCUT2D eigenvalue weighted by molar-refractivity contribution is 0.0636. The molecule has 0 saturated carbocycles. The van der Waals surface area contributed by atoms with Crippen LogP contribution in [0.1, 0.15) is 34.8 Å². The van der Waals surface area contributed by atoms with Crippen LogP contribution in [0.15, 0.2) is 34.9 Å². The first kappa shape index (κ1) is 13.4. The van der Waals surface area contributed by atoms with Gasteiger partial charge in [0.15, 0.2) is 0 Å². The summed E-state index contributed by atoms with van der Waals surface area (Å²) >= 11 is 3.34. The Morgan fingerprint density at radius 3 is 2.80 bits per heavy atom. The number of hydrogen-bond donors (Lipinski definition) is 0. The lowest BCUT2D eigenvalue weighted by Crippen LogP contribution is -2.41. The van der Waals surface area contributed by atoms with E-state index in [1.165, 1.54) is 11.4 Å². The van der Waals surface area contributed by atoms with Gasteiger partial charge in [0, 0.05) is 35.1 Å². The maximum atomic E-state index is 12.6. The first-order valence-corrected chi connectivity index (χ1v) is 7.46. The fourth-order valence-electron chi connectivity index (χ4n) is 2.75. The highest BCUT2D eigenvalue weighted by Crippen LogP contribution is 2.28. The zero-order valence-electron chi connectivity index (χ0n) is 11.5. The van der Waals surface area contributed by atoms with E-state index in [0.29, 0.717) is 5.69 Å². The van der Waals surface area contributed by atoms with Gasteiger partial charge in [-0.15, -0.1) is 0 Å². The topological polar surface area (TPSA) is 38.1 Å². The number of rotatable bonds is 1. The Bertz CT molecular complexity index is 648. The number of aryl methyl sites for hydroxylation is 1. The maximum Gasteiger partial charge on any atom is 0.273 e. The molecule has 5 heteroatoms. The molecule has 3 heterocycles. The molecule has 0 bridgehead atoms. The van der Waals surface area contributed by atoms with Crippen LogP contribution in [0.5, 0.6) is 0 Å². The highest BCUT2D eigenvalue weighted by Gasteiger charge is 2.29. The van der Waals surface area contributed by atoms with Crippen molar-refractivity contribution < 1.29 is 4.79 Å². The summed E-state index contributed by atoms with van der Waals surface area (Å²) in [7, 11) is 0. The molecule has 20 heavy (non-hydrogen) atoms. The van der Waals surface area contributed by atoms with Crippen LogP contribution < -0.4 is 0 Å². The molecular formula is C15H16BrN3O. The largest absolute Gasteiger partial charge is 0.345 e. The standard InChI is InChI=1S/C15H16BrN3O/c1-10-3-6-14-11(2)19(8-7-18(10)14)15(20)13-5-4-12(16)9-17-13/h3-6,9,11H,7-8H2,1-2H3. The van der Waals surface area contributed by atoms with Crippen molar-refractivity contribution in [3.8, 4) is 0 Å². The minimum Gasteiger partial charge on any atom is -0.345 e. The van der Waals surface area contributed by atoms with E-state index in [4.69, 9.17) is 0 Å². The van der Waals surface area contributed by atoms with E-state index >= 15 is 0 Å². The van der Waals surface area contributed by atoms with E-state index in [1.807, 2.05) is 11.0 Å². The minimum absolute atomic E-state index is 0.00453. The minimum atomic E-state index is -0.00453. The molecule has 0 radical (unpaired) electrons. The zero-order chi connectivity index (χ0) is 14.3.